The van der Waals surface area contributed by atoms with Crippen molar-refractivity contribution < 1.29 is 9.47 Å². The average molecular weight is 264 g/mol. The van der Waals surface area contributed by atoms with Gasteiger partial charge in [0.25, 0.3) is 0 Å². The van der Waals surface area contributed by atoms with Gasteiger partial charge in [0.05, 0.1) is 6.61 Å². The highest BCUT2D eigenvalue weighted by Gasteiger charge is 2.19. The summed E-state index contributed by atoms with van der Waals surface area (Å²) >= 11 is 0. The van der Waals surface area contributed by atoms with Crippen LogP contribution in [0.25, 0.3) is 0 Å². The standard InChI is InChI=1S/C15H24N2O2/c1-4-5-17(11(2)3)8-12-6-14(16)7-13-9-18-10-19-15(12)13/h6-7,11H,4-5,8-10,16H2,1-3H3. The van der Waals surface area contributed by atoms with Crippen LogP contribution in [0.4, 0.5) is 5.69 Å². The lowest BCUT2D eigenvalue weighted by Crippen LogP contribution is -2.31. The first-order valence-electron chi connectivity index (χ1n) is 6.97. The summed E-state index contributed by atoms with van der Waals surface area (Å²) in [6, 6.07) is 4.48. The third-order valence-electron chi connectivity index (χ3n) is 3.42. The van der Waals surface area contributed by atoms with Crippen molar-refractivity contribution in [1.82, 2.24) is 4.90 Å². The quantitative estimate of drug-likeness (QED) is 0.831. The Morgan fingerprint density at radius 1 is 1.37 bits per heavy atom. The monoisotopic (exact) mass is 264 g/mol. The van der Waals surface area contributed by atoms with Crippen LogP contribution < -0.4 is 10.5 Å². The lowest BCUT2D eigenvalue weighted by Gasteiger charge is -2.28. The Morgan fingerprint density at radius 3 is 2.84 bits per heavy atom. The summed E-state index contributed by atoms with van der Waals surface area (Å²) in [5.74, 6) is 0.960. The molecule has 0 atom stereocenters. The van der Waals surface area contributed by atoms with E-state index in [9.17, 15) is 0 Å². The van der Waals surface area contributed by atoms with Crippen LogP contribution in [0.15, 0.2) is 12.1 Å². The second-order valence-electron chi connectivity index (χ2n) is 5.34. The largest absolute Gasteiger partial charge is 0.467 e. The van der Waals surface area contributed by atoms with Crippen LogP contribution in [0.1, 0.15) is 38.3 Å². The van der Waals surface area contributed by atoms with Gasteiger partial charge in [-0.25, -0.2) is 0 Å². The van der Waals surface area contributed by atoms with Gasteiger partial charge in [-0.2, -0.15) is 0 Å². The molecule has 0 amide bonds. The Kier molecular flexibility index (Phi) is 4.66. The minimum Gasteiger partial charge on any atom is -0.467 e. The molecule has 4 heteroatoms. The highest BCUT2D eigenvalue weighted by molar-refractivity contribution is 5.53. The smallest absolute Gasteiger partial charge is 0.189 e. The fraction of sp³-hybridized carbons (Fsp3) is 0.600. The first-order valence-corrected chi connectivity index (χ1v) is 6.97. The number of anilines is 1. The molecular formula is C15H24N2O2. The van der Waals surface area contributed by atoms with E-state index in [1.54, 1.807) is 0 Å². The summed E-state index contributed by atoms with van der Waals surface area (Å²) < 4.78 is 11.0. The Morgan fingerprint density at radius 2 is 2.16 bits per heavy atom. The highest BCUT2D eigenvalue weighted by Crippen LogP contribution is 2.31. The SMILES string of the molecule is CCCN(Cc1cc(N)cc2c1OCOC2)C(C)C. The molecule has 1 aromatic carbocycles. The molecule has 0 aliphatic carbocycles. The van der Waals surface area contributed by atoms with Crippen LogP contribution in [-0.2, 0) is 17.9 Å². The van der Waals surface area contributed by atoms with E-state index >= 15 is 0 Å². The number of nitrogens with zero attached hydrogens (tertiary/aromatic N) is 1. The molecule has 1 aliphatic heterocycles. The van der Waals surface area contributed by atoms with Gasteiger partial charge in [0.15, 0.2) is 6.79 Å². The summed E-state index contributed by atoms with van der Waals surface area (Å²) in [7, 11) is 0. The Hall–Kier alpha value is -1.26. The zero-order valence-corrected chi connectivity index (χ0v) is 12.1. The van der Waals surface area contributed by atoms with Crippen LogP contribution in [0.5, 0.6) is 5.75 Å². The molecule has 0 spiro atoms. The van der Waals surface area contributed by atoms with E-state index in [2.05, 4.69) is 25.7 Å². The minimum atomic E-state index is 0.333. The third kappa shape index (κ3) is 3.39. The van der Waals surface area contributed by atoms with Crippen molar-refractivity contribution in [2.45, 2.75) is 46.4 Å². The molecule has 0 aromatic heterocycles. The van der Waals surface area contributed by atoms with Gasteiger partial charge in [-0.15, -0.1) is 0 Å². The zero-order chi connectivity index (χ0) is 13.8. The van der Waals surface area contributed by atoms with Crippen molar-refractivity contribution in [2.24, 2.45) is 0 Å². The van der Waals surface area contributed by atoms with Gasteiger partial charge in [-0.3, -0.25) is 4.90 Å². The van der Waals surface area contributed by atoms with Crippen molar-refractivity contribution in [2.75, 3.05) is 19.1 Å². The topological polar surface area (TPSA) is 47.7 Å². The summed E-state index contributed by atoms with van der Waals surface area (Å²) in [6.45, 7) is 9.52. The van der Waals surface area contributed by atoms with Crippen LogP contribution in [0.2, 0.25) is 0 Å². The molecule has 2 N–H and O–H groups in total. The van der Waals surface area contributed by atoms with E-state index in [1.165, 1.54) is 5.56 Å². The second-order valence-corrected chi connectivity index (χ2v) is 5.34. The number of ether oxygens (including phenoxy) is 2. The molecule has 19 heavy (non-hydrogen) atoms. The molecule has 1 aliphatic rings. The molecular weight excluding hydrogens is 240 g/mol. The summed E-state index contributed by atoms with van der Waals surface area (Å²) in [4.78, 5) is 2.44. The van der Waals surface area contributed by atoms with Gasteiger partial charge in [0.2, 0.25) is 0 Å². The van der Waals surface area contributed by atoms with E-state index in [1.807, 2.05) is 12.1 Å². The van der Waals surface area contributed by atoms with Gasteiger partial charge in [0, 0.05) is 29.4 Å². The van der Waals surface area contributed by atoms with Gasteiger partial charge in [-0.05, 0) is 38.9 Å². The summed E-state index contributed by atoms with van der Waals surface area (Å²) in [5.41, 5.74) is 8.98. The Bertz CT molecular complexity index is 432. The Labute approximate surface area is 115 Å². The van der Waals surface area contributed by atoms with Crippen LogP contribution in [0.3, 0.4) is 0 Å². The van der Waals surface area contributed by atoms with Crippen molar-refractivity contribution in [1.29, 1.82) is 0 Å². The first-order chi connectivity index (χ1) is 9.11. The molecule has 4 nitrogen and oxygen atoms in total. The normalized spacial score (nSPS) is 14.6. The van der Waals surface area contributed by atoms with Crippen LogP contribution in [0, 0.1) is 0 Å². The van der Waals surface area contributed by atoms with E-state index in [4.69, 9.17) is 15.2 Å². The van der Waals surface area contributed by atoms with Crippen molar-refractivity contribution in [3.05, 3.63) is 23.3 Å². The van der Waals surface area contributed by atoms with E-state index in [-0.39, 0.29) is 0 Å². The number of hydrogen-bond donors (Lipinski definition) is 1. The number of rotatable bonds is 5. The first kappa shape index (κ1) is 14.2. The molecule has 0 saturated heterocycles. The molecule has 0 bridgehead atoms. The average Bonchev–Trinajstić information content (AvgIpc) is 2.37. The van der Waals surface area contributed by atoms with E-state index in [0.717, 1.165) is 36.5 Å². The lowest BCUT2D eigenvalue weighted by atomic mass is 10.1. The van der Waals surface area contributed by atoms with Crippen molar-refractivity contribution in [3.8, 4) is 5.75 Å². The predicted molar refractivity (Wildman–Crippen MR) is 77.0 cm³/mol. The molecule has 2 rings (SSSR count). The summed E-state index contributed by atoms with van der Waals surface area (Å²) in [6.07, 6.45) is 1.15. The summed E-state index contributed by atoms with van der Waals surface area (Å²) in [5, 5.41) is 0. The van der Waals surface area contributed by atoms with Gasteiger partial charge >= 0.3 is 0 Å². The maximum Gasteiger partial charge on any atom is 0.189 e. The Balaban J connectivity index is 2.25. The minimum absolute atomic E-state index is 0.333. The van der Waals surface area contributed by atoms with E-state index < -0.39 is 0 Å². The van der Waals surface area contributed by atoms with Crippen molar-refractivity contribution >= 4 is 5.69 Å². The van der Waals surface area contributed by atoms with Gasteiger partial charge in [0.1, 0.15) is 5.75 Å². The number of benzene rings is 1. The molecule has 0 saturated carbocycles. The lowest BCUT2D eigenvalue weighted by molar-refractivity contribution is -0.0175. The van der Waals surface area contributed by atoms with Gasteiger partial charge in [-0.1, -0.05) is 6.92 Å². The molecule has 1 aromatic rings. The fourth-order valence-corrected chi connectivity index (χ4v) is 2.47. The number of nitrogens with two attached hydrogens (primary N) is 1. The highest BCUT2D eigenvalue weighted by atomic mass is 16.7. The second kappa shape index (κ2) is 6.26. The fourth-order valence-electron chi connectivity index (χ4n) is 2.47. The van der Waals surface area contributed by atoms with Gasteiger partial charge < -0.3 is 15.2 Å². The molecule has 0 fully saturated rings. The number of nitrogen functional groups attached to an aromatic ring is 1. The molecule has 0 radical (unpaired) electrons. The van der Waals surface area contributed by atoms with E-state index in [0.29, 0.717) is 19.4 Å². The third-order valence-corrected chi connectivity index (χ3v) is 3.42. The number of hydrogen-bond acceptors (Lipinski definition) is 4. The zero-order valence-electron chi connectivity index (χ0n) is 12.1. The van der Waals surface area contributed by atoms with Crippen LogP contribution in [-0.4, -0.2) is 24.3 Å². The number of fused-ring (bicyclic) bond motifs is 1. The molecule has 106 valence electrons. The molecule has 1 heterocycles. The maximum atomic E-state index is 5.98. The molecule has 0 unspecified atom stereocenters. The van der Waals surface area contributed by atoms with Crippen LogP contribution >= 0.6 is 0 Å². The maximum absolute atomic E-state index is 5.98. The van der Waals surface area contributed by atoms with Crippen molar-refractivity contribution in [3.63, 3.8) is 0 Å². The predicted octanol–water partition coefficient (Wildman–Crippen LogP) is 2.76.